The molecule has 0 radical (unpaired) electrons. The summed E-state index contributed by atoms with van der Waals surface area (Å²) < 4.78 is 0. The van der Waals surface area contributed by atoms with E-state index in [0.717, 1.165) is 13.0 Å². The smallest absolute Gasteiger partial charge is 0.0112 e. The van der Waals surface area contributed by atoms with E-state index >= 15 is 0 Å². The highest BCUT2D eigenvalue weighted by Gasteiger charge is 2.19. The number of likely N-dealkylation sites (N-methyl/N-ethyl adjacent to an activating group) is 1. The summed E-state index contributed by atoms with van der Waals surface area (Å²) in [5.41, 5.74) is 3.47. The summed E-state index contributed by atoms with van der Waals surface area (Å²) in [6.07, 6.45) is 2.33. The summed E-state index contributed by atoms with van der Waals surface area (Å²) in [5, 5.41) is 3.63. The Bertz CT molecular complexity index is 389. The molecule has 0 saturated heterocycles. The molecule has 1 rings (SSSR count). The molecule has 0 heterocycles. The molecule has 0 fully saturated rings. The van der Waals surface area contributed by atoms with E-state index in [9.17, 15) is 0 Å². The minimum Gasteiger partial charge on any atom is -0.314 e. The molecule has 0 spiro atoms. The van der Waals surface area contributed by atoms with E-state index in [0.29, 0.717) is 11.5 Å². The molecule has 1 N–H and O–H groups in total. The van der Waals surface area contributed by atoms with Gasteiger partial charge >= 0.3 is 0 Å². The second kappa shape index (κ2) is 6.76. The van der Waals surface area contributed by atoms with Crippen LogP contribution in [0, 0.1) is 5.41 Å². The Morgan fingerprint density at radius 3 is 1.90 bits per heavy atom. The van der Waals surface area contributed by atoms with Crippen molar-refractivity contribution in [1.82, 2.24) is 5.32 Å². The fraction of sp³-hybridized carbons (Fsp3) is 0.684. The maximum atomic E-state index is 3.63. The first-order valence-electron chi connectivity index (χ1n) is 7.94. The van der Waals surface area contributed by atoms with Crippen molar-refractivity contribution in [2.24, 2.45) is 5.41 Å². The van der Waals surface area contributed by atoms with E-state index in [-0.39, 0.29) is 5.41 Å². The van der Waals surface area contributed by atoms with Gasteiger partial charge in [0.15, 0.2) is 0 Å². The minimum atomic E-state index is 0.241. The predicted molar refractivity (Wildman–Crippen MR) is 90.4 cm³/mol. The molecule has 0 saturated carbocycles. The minimum absolute atomic E-state index is 0.241. The number of hydrogen-bond acceptors (Lipinski definition) is 1. The van der Waals surface area contributed by atoms with Crippen LogP contribution in [0.25, 0.3) is 0 Å². The average molecular weight is 275 g/mol. The molecule has 1 nitrogen and oxygen atoms in total. The van der Waals surface area contributed by atoms with Crippen LogP contribution in [0.5, 0.6) is 0 Å². The molecule has 0 aliphatic heterocycles. The first-order valence-corrected chi connectivity index (χ1v) is 7.94. The van der Waals surface area contributed by atoms with Crippen molar-refractivity contribution < 1.29 is 0 Å². The monoisotopic (exact) mass is 275 g/mol. The molecule has 0 aliphatic rings. The van der Waals surface area contributed by atoms with Crippen molar-refractivity contribution in [3.63, 3.8) is 0 Å². The summed E-state index contributed by atoms with van der Waals surface area (Å²) in [4.78, 5) is 0. The Hall–Kier alpha value is -0.820. The van der Waals surface area contributed by atoms with Crippen LogP contribution >= 0.6 is 0 Å². The number of rotatable bonds is 5. The molecule has 0 aromatic heterocycles. The Morgan fingerprint density at radius 1 is 0.950 bits per heavy atom. The molecule has 1 aromatic carbocycles. The quantitative estimate of drug-likeness (QED) is 0.802. The normalized spacial score (nSPS) is 14.3. The Kier molecular flexibility index (Phi) is 5.82. The zero-order valence-electron chi connectivity index (χ0n) is 14.5. The van der Waals surface area contributed by atoms with Gasteiger partial charge in [-0.15, -0.1) is 0 Å². The van der Waals surface area contributed by atoms with Crippen LogP contribution in [0.4, 0.5) is 0 Å². The molecule has 1 atom stereocenters. The molecule has 1 unspecified atom stereocenters. The molecule has 1 heteroatoms. The van der Waals surface area contributed by atoms with E-state index in [4.69, 9.17) is 0 Å². The topological polar surface area (TPSA) is 12.0 Å². The van der Waals surface area contributed by atoms with Crippen LogP contribution in [0.1, 0.15) is 66.0 Å². The van der Waals surface area contributed by atoms with Crippen molar-refractivity contribution in [2.45, 2.75) is 72.8 Å². The van der Waals surface area contributed by atoms with Crippen LogP contribution in [0.2, 0.25) is 0 Å². The fourth-order valence-electron chi connectivity index (χ4n) is 2.67. The van der Waals surface area contributed by atoms with Gasteiger partial charge < -0.3 is 5.32 Å². The molecule has 114 valence electrons. The van der Waals surface area contributed by atoms with Crippen LogP contribution in [0.15, 0.2) is 24.3 Å². The number of hydrogen-bond donors (Lipinski definition) is 1. The van der Waals surface area contributed by atoms with Crippen molar-refractivity contribution in [2.75, 3.05) is 6.54 Å². The van der Waals surface area contributed by atoms with E-state index in [1.54, 1.807) is 0 Å². The highest BCUT2D eigenvalue weighted by Crippen LogP contribution is 2.25. The van der Waals surface area contributed by atoms with Crippen molar-refractivity contribution in [3.05, 3.63) is 35.4 Å². The van der Waals surface area contributed by atoms with E-state index in [1.807, 2.05) is 0 Å². The fourth-order valence-corrected chi connectivity index (χ4v) is 2.67. The van der Waals surface area contributed by atoms with Gasteiger partial charge in [0.25, 0.3) is 0 Å². The highest BCUT2D eigenvalue weighted by molar-refractivity contribution is 5.28. The third kappa shape index (κ3) is 6.09. The molecule has 1 aromatic rings. The lowest BCUT2D eigenvalue weighted by Crippen LogP contribution is -2.34. The van der Waals surface area contributed by atoms with Gasteiger partial charge in [-0.1, -0.05) is 72.7 Å². The third-order valence-corrected chi connectivity index (χ3v) is 3.65. The second-order valence-electron chi connectivity index (χ2n) is 8.17. The summed E-state index contributed by atoms with van der Waals surface area (Å²) >= 11 is 0. The standard InChI is InChI=1S/C19H33N/c1-8-20-17(14-18(2,3)4)13-15-9-11-16(12-10-15)19(5,6)7/h9-12,17,20H,8,13-14H2,1-7H3. The molecule has 0 bridgehead atoms. The Balaban J connectivity index is 2.74. The van der Waals surface area contributed by atoms with Gasteiger partial charge in [0.05, 0.1) is 0 Å². The van der Waals surface area contributed by atoms with Gasteiger partial charge in [-0.25, -0.2) is 0 Å². The summed E-state index contributed by atoms with van der Waals surface area (Å²) in [7, 11) is 0. The van der Waals surface area contributed by atoms with Crippen molar-refractivity contribution in [3.8, 4) is 0 Å². The maximum Gasteiger partial charge on any atom is 0.0112 e. The van der Waals surface area contributed by atoms with E-state index < -0.39 is 0 Å². The average Bonchev–Trinajstić information content (AvgIpc) is 2.26. The summed E-state index contributed by atoms with van der Waals surface area (Å²) in [6.45, 7) is 17.0. The van der Waals surface area contributed by atoms with Crippen LogP contribution < -0.4 is 5.32 Å². The number of nitrogens with one attached hydrogen (secondary N) is 1. The highest BCUT2D eigenvalue weighted by atomic mass is 14.9. The van der Waals surface area contributed by atoms with Crippen molar-refractivity contribution in [1.29, 1.82) is 0 Å². The molecular weight excluding hydrogens is 242 g/mol. The van der Waals surface area contributed by atoms with Crippen molar-refractivity contribution >= 4 is 0 Å². The largest absolute Gasteiger partial charge is 0.314 e. The molecule has 20 heavy (non-hydrogen) atoms. The summed E-state index contributed by atoms with van der Waals surface area (Å²) in [5.74, 6) is 0. The Morgan fingerprint density at radius 2 is 1.50 bits per heavy atom. The van der Waals surface area contributed by atoms with E-state index in [2.05, 4.69) is 78.0 Å². The van der Waals surface area contributed by atoms with Crippen LogP contribution in [-0.2, 0) is 11.8 Å². The van der Waals surface area contributed by atoms with Gasteiger partial charge in [0.2, 0.25) is 0 Å². The zero-order chi connectivity index (χ0) is 15.4. The van der Waals surface area contributed by atoms with Gasteiger partial charge in [0.1, 0.15) is 0 Å². The molecular formula is C19H33N. The lowest BCUT2D eigenvalue weighted by Gasteiger charge is -2.27. The van der Waals surface area contributed by atoms with Gasteiger partial charge in [-0.05, 0) is 41.3 Å². The SMILES string of the molecule is CCNC(Cc1ccc(C(C)(C)C)cc1)CC(C)(C)C. The van der Waals surface area contributed by atoms with Crippen LogP contribution in [0.3, 0.4) is 0 Å². The lowest BCUT2D eigenvalue weighted by molar-refractivity contribution is 0.309. The summed E-state index contributed by atoms with van der Waals surface area (Å²) in [6, 6.07) is 9.74. The lowest BCUT2D eigenvalue weighted by atomic mass is 9.84. The predicted octanol–water partition coefficient (Wildman–Crippen LogP) is 4.94. The second-order valence-corrected chi connectivity index (χ2v) is 8.17. The van der Waals surface area contributed by atoms with Gasteiger partial charge in [-0.2, -0.15) is 0 Å². The molecule has 0 aliphatic carbocycles. The van der Waals surface area contributed by atoms with Gasteiger partial charge in [-0.3, -0.25) is 0 Å². The van der Waals surface area contributed by atoms with E-state index in [1.165, 1.54) is 17.5 Å². The maximum absolute atomic E-state index is 3.63. The zero-order valence-corrected chi connectivity index (χ0v) is 14.5. The molecule has 0 amide bonds. The van der Waals surface area contributed by atoms with Crippen LogP contribution in [-0.4, -0.2) is 12.6 Å². The third-order valence-electron chi connectivity index (χ3n) is 3.65. The Labute approximate surface area is 126 Å². The van der Waals surface area contributed by atoms with Gasteiger partial charge in [0, 0.05) is 6.04 Å². The number of benzene rings is 1. The first kappa shape index (κ1) is 17.2. The first-order chi connectivity index (χ1) is 9.12.